The predicted octanol–water partition coefficient (Wildman–Crippen LogP) is -1.42. The van der Waals surface area contributed by atoms with Gasteiger partial charge in [-0.3, -0.25) is 9.59 Å². The molecule has 0 bridgehead atoms. The molecule has 0 saturated carbocycles. The van der Waals surface area contributed by atoms with Gasteiger partial charge in [0.2, 0.25) is 5.91 Å². The number of hydrogen-bond acceptors (Lipinski definition) is 4. The molecule has 16 heavy (non-hydrogen) atoms. The molecule has 1 amide bonds. The van der Waals surface area contributed by atoms with Crippen LogP contribution < -0.4 is 5.32 Å². The van der Waals surface area contributed by atoms with Crippen molar-refractivity contribution in [3.63, 3.8) is 0 Å². The first-order valence-corrected chi connectivity index (χ1v) is 4.59. The summed E-state index contributed by atoms with van der Waals surface area (Å²) < 4.78 is 0. The Bertz CT molecular complexity index is 244. The second-order valence-corrected chi connectivity index (χ2v) is 3.98. The fourth-order valence-corrected chi connectivity index (χ4v) is 0.831. The average molecular weight is 259 g/mol. The zero-order valence-corrected chi connectivity index (χ0v) is 11.8. The van der Waals surface area contributed by atoms with E-state index in [9.17, 15) is 14.7 Å². The first kappa shape index (κ1) is 18.5. The SMILES string of the molecule is CC(C)(CO)[C@H](O)C(=O)NCCC(=O)O.[Ca]. The monoisotopic (exact) mass is 259 g/mol. The molecule has 0 aromatic carbocycles. The Labute approximate surface area is 124 Å². The van der Waals surface area contributed by atoms with Crippen LogP contribution in [-0.4, -0.2) is 84.2 Å². The van der Waals surface area contributed by atoms with E-state index in [0.717, 1.165) is 0 Å². The largest absolute Gasteiger partial charge is 0.481 e. The zero-order valence-electron chi connectivity index (χ0n) is 9.56. The van der Waals surface area contributed by atoms with Crippen LogP contribution in [0, 0.1) is 5.41 Å². The Morgan fingerprint density at radius 3 is 2.25 bits per heavy atom. The normalized spacial score (nSPS) is 12.5. The molecular weight excluding hydrogens is 242 g/mol. The van der Waals surface area contributed by atoms with Gasteiger partial charge in [0.1, 0.15) is 6.10 Å². The number of hydrogen-bond donors (Lipinski definition) is 4. The Morgan fingerprint density at radius 2 is 1.88 bits per heavy atom. The Hall–Kier alpha value is 0.120. The summed E-state index contributed by atoms with van der Waals surface area (Å²) in [5.74, 6) is -1.69. The third kappa shape index (κ3) is 6.65. The summed E-state index contributed by atoms with van der Waals surface area (Å²) in [4.78, 5) is 21.4. The molecule has 0 aliphatic rings. The first-order chi connectivity index (χ1) is 6.81. The van der Waals surface area contributed by atoms with E-state index in [1.54, 1.807) is 0 Å². The van der Waals surface area contributed by atoms with Gasteiger partial charge in [0, 0.05) is 49.7 Å². The Kier molecular flexibility index (Phi) is 9.53. The average Bonchev–Trinajstić information content (AvgIpc) is 2.15. The number of carboxylic acids is 1. The van der Waals surface area contributed by atoms with Crippen molar-refractivity contribution in [2.24, 2.45) is 5.41 Å². The summed E-state index contributed by atoms with van der Waals surface area (Å²) in [6.45, 7) is 2.70. The maximum Gasteiger partial charge on any atom is 0.305 e. The molecule has 0 fully saturated rings. The van der Waals surface area contributed by atoms with Gasteiger partial charge in [0.15, 0.2) is 0 Å². The number of carboxylic acid groups (broad SMARTS) is 1. The number of carbonyl (C=O) groups is 2. The summed E-state index contributed by atoms with van der Waals surface area (Å²) >= 11 is 0. The van der Waals surface area contributed by atoms with Crippen molar-refractivity contribution in [2.45, 2.75) is 26.4 Å². The van der Waals surface area contributed by atoms with Crippen molar-refractivity contribution < 1.29 is 24.9 Å². The molecule has 0 aliphatic heterocycles. The fourth-order valence-electron chi connectivity index (χ4n) is 0.831. The van der Waals surface area contributed by atoms with E-state index in [-0.39, 0.29) is 57.3 Å². The van der Waals surface area contributed by atoms with Gasteiger partial charge in [0.25, 0.3) is 0 Å². The second-order valence-electron chi connectivity index (χ2n) is 3.98. The van der Waals surface area contributed by atoms with Gasteiger partial charge < -0.3 is 20.6 Å². The van der Waals surface area contributed by atoms with Gasteiger partial charge in [-0.1, -0.05) is 13.8 Å². The molecule has 7 heteroatoms. The molecule has 0 rings (SSSR count). The van der Waals surface area contributed by atoms with E-state index >= 15 is 0 Å². The smallest absolute Gasteiger partial charge is 0.305 e. The van der Waals surface area contributed by atoms with Gasteiger partial charge >= 0.3 is 5.97 Å². The molecule has 4 N–H and O–H groups in total. The van der Waals surface area contributed by atoms with Crippen LogP contribution >= 0.6 is 0 Å². The molecule has 1 atom stereocenters. The van der Waals surface area contributed by atoms with Gasteiger partial charge in [-0.05, 0) is 0 Å². The summed E-state index contributed by atoms with van der Waals surface area (Å²) in [7, 11) is 0. The standard InChI is InChI=1S/C9H17NO5.Ca/c1-9(2,5-11)7(14)8(15)10-4-3-6(12)13;/h7,11,14H,3-5H2,1-2H3,(H,10,15)(H,12,13);/t7-;/m1./s1. The topological polar surface area (TPSA) is 107 Å². The minimum absolute atomic E-state index is 0. The van der Waals surface area contributed by atoms with Crippen LogP contribution in [0.5, 0.6) is 0 Å². The molecule has 2 radical (unpaired) electrons. The van der Waals surface area contributed by atoms with Crippen LogP contribution in [-0.2, 0) is 9.59 Å². The van der Waals surface area contributed by atoms with Crippen molar-refractivity contribution >= 4 is 49.6 Å². The number of aliphatic carboxylic acids is 1. The number of aliphatic hydroxyl groups is 2. The molecule has 0 unspecified atom stereocenters. The van der Waals surface area contributed by atoms with Gasteiger partial charge in [-0.2, -0.15) is 0 Å². The third-order valence-electron chi connectivity index (χ3n) is 2.03. The van der Waals surface area contributed by atoms with Crippen molar-refractivity contribution in [1.82, 2.24) is 5.32 Å². The van der Waals surface area contributed by atoms with Crippen molar-refractivity contribution in [2.75, 3.05) is 13.2 Å². The molecule has 0 spiro atoms. The van der Waals surface area contributed by atoms with Gasteiger partial charge in [-0.25, -0.2) is 0 Å². The fraction of sp³-hybridized carbons (Fsp3) is 0.778. The number of carbonyl (C=O) groups excluding carboxylic acids is 1. The number of nitrogens with one attached hydrogen (secondary N) is 1. The minimum atomic E-state index is -1.35. The minimum Gasteiger partial charge on any atom is -0.481 e. The molecule has 0 saturated heterocycles. The van der Waals surface area contributed by atoms with Crippen LogP contribution in [0.2, 0.25) is 0 Å². The Morgan fingerprint density at radius 1 is 1.38 bits per heavy atom. The third-order valence-corrected chi connectivity index (χ3v) is 2.03. The van der Waals surface area contributed by atoms with Crippen LogP contribution in [0.3, 0.4) is 0 Å². The first-order valence-electron chi connectivity index (χ1n) is 4.59. The molecule has 0 aliphatic carbocycles. The van der Waals surface area contributed by atoms with E-state index < -0.39 is 23.4 Å². The van der Waals surface area contributed by atoms with Crippen molar-refractivity contribution in [1.29, 1.82) is 0 Å². The summed E-state index contributed by atoms with van der Waals surface area (Å²) in [6, 6.07) is 0. The molecular formula is C9H17CaNO5. The Balaban J connectivity index is 0. The van der Waals surface area contributed by atoms with Gasteiger partial charge in [0.05, 0.1) is 13.0 Å². The summed E-state index contributed by atoms with van der Waals surface area (Å²) in [5, 5.41) is 29.0. The number of amides is 1. The van der Waals surface area contributed by atoms with Crippen LogP contribution in [0.15, 0.2) is 0 Å². The molecule has 0 heterocycles. The van der Waals surface area contributed by atoms with Crippen LogP contribution in [0.4, 0.5) is 0 Å². The summed E-state index contributed by atoms with van der Waals surface area (Å²) in [6.07, 6.45) is -1.55. The quantitative estimate of drug-likeness (QED) is 0.438. The zero-order chi connectivity index (χ0) is 12.1. The number of rotatable bonds is 6. The van der Waals surface area contributed by atoms with Gasteiger partial charge in [-0.15, -0.1) is 0 Å². The predicted molar refractivity (Wildman–Crippen MR) is 57.9 cm³/mol. The maximum absolute atomic E-state index is 11.3. The number of aliphatic hydroxyl groups excluding tert-OH is 2. The van der Waals surface area contributed by atoms with E-state index in [1.165, 1.54) is 13.8 Å². The summed E-state index contributed by atoms with van der Waals surface area (Å²) in [5.41, 5.74) is -0.937. The van der Waals surface area contributed by atoms with Crippen molar-refractivity contribution in [3.05, 3.63) is 0 Å². The second kappa shape index (κ2) is 8.25. The molecule has 6 nitrogen and oxygen atoms in total. The van der Waals surface area contributed by atoms with E-state index in [1.807, 2.05) is 0 Å². The maximum atomic E-state index is 11.3. The van der Waals surface area contributed by atoms with E-state index in [0.29, 0.717) is 0 Å². The van der Waals surface area contributed by atoms with E-state index in [4.69, 9.17) is 10.2 Å². The molecule has 0 aromatic rings. The molecule has 0 aromatic heterocycles. The van der Waals surface area contributed by atoms with Crippen LogP contribution in [0.25, 0.3) is 0 Å². The van der Waals surface area contributed by atoms with Crippen molar-refractivity contribution in [3.8, 4) is 0 Å². The molecule has 90 valence electrons. The van der Waals surface area contributed by atoms with Crippen LogP contribution in [0.1, 0.15) is 20.3 Å². The van der Waals surface area contributed by atoms with E-state index in [2.05, 4.69) is 5.32 Å².